The predicted molar refractivity (Wildman–Crippen MR) is 311 cm³/mol. The lowest BCUT2D eigenvalue weighted by molar-refractivity contribution is -0.290. The lowest BCUT2D eigenvalue weighted by Crippen LogP contribution is -2.58. The smallest absolute Gasteiger partial charge is 0.431 e. The van der Waals surface area contributed by atoms with Gasteiger partial charge in [-0.3, -0.25) is 18.7 Å². The number of alkyl halides is 8. The third-order valence-electron chi connectivity index (χ3n) is 17.3. The second-order valence-corrected chi connectivity index (χ2v) is 28.8. The molecule has 13 rings (SSSR count). The molecule has 0 radical (unpaired) electrons. The van der Waals surface area contributed by atoms with Gasteiger partial charge in [-0.1, -0.05) is 67.9 Å². The first-order valence-electron chi connectivity index (χ1n) is 28.5. The second-order valence-electron chi connectivity index (χ2n) is 23.4. The molecule has 2 heterocycles. The number of hydrogen-bond donors (Lipinski definition) is 3. The number of carbonyl (C=O) groups excluding carboxylic acids is 4. The van der Waals surface area contributed by atoms with Gasteiger partial charge in [0.1, 0.15) is 0 Å². The number of esters is 3. The van der Waals surface area contributed by atoms with Gasteiger partial charge in [-0.05, 0) is 157 Å². The molecule has 2 atom stereocenters. The van der Waals surface area contributed by atoms with Gasteiger partial charge in [-0.25, -0.2) is 9.59 Å². The largest absolute Gasteiger partial charge is 0.465 e. The van der Waals surface area contributed by atoms with Gasteiger partial charge >= 0.3 is 60.5 Å². The summed E-state index contributed by atoms with van der Waals surface area (Å²) in [6, 6.07) is 26.8. The minimum Gasteiger partial charge on any atom is -0.465 e. The maximum atomic E-state index is 13.4. The molecule has 8 saturated carbocycles. The molecule has 2 saturated heterocycles. The molecule has 0 aromatic heterocycles. The van der Waals surface area contributed by atoms with Crippen LogP contribution in [0.2, 0.25) is 0 Å². The highest BCUT2D eigenvalue weighted by Gasteiger charge is 2.68. The van der Waals surface area contributed by atoms with E-state index in [9.17, 15) is 71.1 Å². The van der Waals surface area contributed by atoms with Crippen molar-refractivity contribution < 1.29 is 109 Å². The Labute approximate surface area is 524 Å². The van der Waals surface area contributed by atoms with Crippen LogP contribution in [-0.4, -0.2) is 115 Å². The van der Waals surface area contributed by atoms with E-state index in [0.29, 0.717) is 23.7 Å². The third kappa shape index (κ3) is 15.7. The zero-order valence-electron chi connectivity index (χ0n) is 48.7. The number of hydrogen-bond acceptors (Lipinski definition) is 15. The minimum atomic E-state index is -6.37. The van der Waals surface area contributed by atoms with Crippen LogP contribution in [0.5, 0.6) is 0 Å². The van der Waals surface area contributed by atoms with Crippen LogP contribution < -0.4 is 0 Å². The number of benzene rings is 3. The standard InChI is InChI=1S/C21H21S.C18H22F4O8S.C14H17ClO4.C4H6F4O4S.2CH4.H2S/c1-16-4-10-19(11-5-16)22(20-12-6-17(2)7-13-20)21-14-8-18(3)9-15-21;19-16(20,18(21,22)31(25,26)27)1-2-28-14(23)8-13-15(24)30-17(29-13)11-4-9-3-10(6-11)7-12(17)5-9;15-12(16)6-11-13(17)19-14(18-11)9-2-7-1-8(4-9)5-10(14)3-7;5-3(6,1-2-9)4(7,8)13(10,11)12;;;/h4-15H,1-3H3;9-13H,1-8H2,(H,25,26,27);7-11H,1-6H2;9H,1-2H2,(H,10,11,12);2*1H4;1H2/q+1;;;;;;/i/hT2. The fourth-order valence-electron chi connectivity index (χ4n) is 13.6. The summed E-state index contributed by atoms with van der Waals surface area (Å²) >= 11 is 8.15. The number of ether oxygens (including phenoxy) is 5. The topological polar surface area (TPSA) is 243 Å². The van der Waals surface area contributed by atoms with Crippen molar-refractivity contribution in [1.29, 1.82) is 2.55 Å². The Balaban J connectivity index is 0.000000223. The molecule has 10 aliphatic rings. The zero-order chi connectivity index (χ0) is 65.2. The molecule has 2 aliphatic heterocycles. The molecule has 3 aromatic carbocycles. The van der Waals surface area contributed by atoms with E-state index < -0.39 is 122 Å². The van der Waals surface area contributed by atoms with E-state index in [1.807, 2.05) is 0 Å². The monoisotopic (exact) mass is 1360 g/mol. The van der Waals surface area contributed by atoms with Crippen molar-refractivity contribution in [1.82, 2.24) is 0 Å². The van der Waals surface area contributed by atoms with E-state index in [1.165, 1.54) is 37.8 Å². The highest BCUT2D eigenvalue weighted by Crippen LogP contribution is 2.63. The zero-order valence-corrected chi connectivity index (χ0v) is 50.8. The van der Waals surface area contributed by atoms with Crippen molar-refractivity contribution in [2.75, 3.05) is 13.2 Å². The van der Waals surface area contributed by atoms with Gasteiger partial charge in [0.2, 0.25) is 18.2 Å². The summed E-state index contributed by atoms with van der Waals surface area (Å²) in [6.45, 7) is 3.84. The summed E-state index contributed by atoms with van der Waals surface area (Å²) in [4.78, 5) is 51.3. The van der Waals surface area contributed by atoms with E-state index in [4.69, 9.17) is 42.8 Å². The van der Waals surface area contributed by atoms with Crippen LogP contribution in [0.25, 0.3) is 1.43 Å². The Morgan fingerprint density at radius 3 is 1.23 bits per heavy atom. The Morgan fingerprint density at radius 2 is 0.920 bits per heavy atom. The molecule has 8 aliphatic carbocycles. The van der Waals surface area contributed by atoms with Crippen molar-refractivity contribution >= 4 is 79.3 Å². The molecule has 2 unspecified atom stereocenters. The van der Waals surface area contributed by atoms with E-state index in [2.05, 4.69) is 116 Å². The predicted octanol–water partition coefficient (Wildman–Crippen LogP) is 12.3. The first-order chi connectivity index (χ1) is 41.1. The Hall–Kier alpha value is -4.13. The SMILES string of the molecule is C.C.Cc1ccc([S+](c2ccc(C)cc2)c2ccc(C)cc2)cc1.O=C(CC1OC2(OC1=O)C1CC3CC(C1)CC2C3)OCCC(F)(F)C(F)(F)S(=O)(=O)O.O=C(Cl)CC1OC2(OC1=O)C1CC3CC(C1)CC2C3.[3H]OS(=O)(=O)C(F)(F)C(F)(F)CCO.[3H]S. The summed E-state index contributed by atoms with van der Waals surface area (Å²) in [5.41, 5.74) is 3.92. The molecule has 8 bridgehead atoms. The average Bonchev–Trinajstić information content (AvgIpc) is 1.43. The van der Waals surface area contributed by atoms with Crippen LogP contribution in [-0.2, 0) is 74.0 Å². The molecule has 0 amide bonds. The van der Waals surface area contributed by atoms with Gasteiger partial charge in [-0.2, -0.15) is 65.4 Å². The molecule has 88 heavy (non-hydrogen) atoms. The summed E-state index contributed by atoms with van der Waals surface area (Å²) in [5, 5.41) is -3.81. The minimum absolute atomic E-state index is 0. The first kappa shape index (κ1) is 71.3. The van der Waals surface area contributed by atoms with Gasteiger partial charge in [0.15, 0.2) is 26.9 Å². The normalized spacial score (nSPS) is 29.2. The van der Waals surface area contributed by atoms with Gasteiger partial charge in [0, 0.05) is 36.7 Å². The van der Waals surface area contributed by atoms with Crippen LogP contribution in [0.1, 0.15) is 121 Å². The third-order valence-corrected chi connectivity index (χ3v) is 21.6. The second kappa shape index (κ2) is 28.4. The van der Waals surface area contributed by atoms with Crippen LogP contribution in [0.15, 0.2) is 87.5 Å². The maximum Gasteiger partial charge on any atom is 0.431 e. The summed E-state index contributed by atoms with van der Waals surface area (Å²) in [6.07, 6.45) is 3.98. The lowest BCUT2D eigenvalue weighted by Gasteiger charge is -2.57. The fourth-order valence-corrected chi connectivity index (χ4v) is 16.7. The Bertz CT molecular complexity index is 3030. The molecule has 16 nitrogen and oxygen atoms in total. The van der Waals surface area contributed by atoms with Gasteiger partial charge in [0.05, 0.1) is 37.9 Å². The van der Waals surface area contributed by atoms with Crippen molar-refractivity contribution in [3.8, 4) is 0 Å². The number of carbonyl (C=O) groups is 4. The maximum absolute atomic E-state index is 13.4. The quantitative estimate of drug-likeness (QED) is 0.0284. The van der Waals surface area contributed by atoms with E-state index in [-0.39, 0.29) is 44.0 Å². The van der Waals surface area contributed by atoms with Gasteiger partial charge < -0.3 is 28.8 Å². The Morgan fingerprint density at radius 1 is 0.602 bits per heavy atom. The van der Waals surface area contributed by atoms with Gasteiger partial charge in [-0.15, -0.1) is 0 Å². The molecule has 10 fully saturated rings. The van der Waals surface area contributed by atoms with Crippen molar-refractivity contribution in [3.05, 3.63) is 89.5 Å². The van der Waals surface area contributed by atoms with Crippen molar-refractivity contribution in [3.63, 3.8) is 0 Å². The van der Waals surface area contributed by atoms with Crippen molar-refractivity contribution in [2.24, 2.45) is 47.3 Å². The Kier molecular flexibility index (Phi) is 23.0. The lowest BCUT2D eigenvalue weighted by atomic mass is 9.53. The first-order valence-corrected chi connectivity index (χ1v) is 32.1. The molecule has 494 valence electrons. The van der Waals surface area contributed by atoms with Crippen LogP contribution in [0, 0.1) is 68.1 Å². The fraction of sp³-hybridized carbons (Fsp3) is 0.627. The number of aliphatic hydroxyl groups is 1. The molecular weight excluding hydrogens is 1280 g/mol. The number of aliphatic hydroxyl groups excluding tert-OH is 1. The van der Waals surface area contributed by atoms with Gasteiger partial charge in [0.25, 0.3) is 0 Å². The van der Waals surface area contributed by atoms with Crippen LogP contribution in [0.3, 0.4) is 0 Å². The molecule has 3 aromatic rings. The van der Waals surface area contributed by atoms with Crippen LogP contribution in [0.4, 0.5) is 35.1 Å². The van der Waals surface area contributed by atoms with Crippen LogP contribution >= 0.6 is 25.0 Å². The molecule has 3 N–H and O–H groups in total. The van der Waals surface area contributed by atoms with E-state index >= 15 is 0 Å². The van der Waals surface area contributed by atoms with Crippen molar-refractivity contribution in [2.45, 2.75) is 186 Å². The molecular formula is C59H76ClF8O16S4+. The highest BCUT2D eigenvalue weighted by atomic mass is 35.5. The number of halogens is 9. The molecule has 29 heteroatoms. The average molecular weight is 1360 g/mol. The summed E-state index contributed by atoms with van der Waals surface area (Å²) in [5.74, 6) is -10.9. The molecule has 2 spiro atoms. The highest BCUT2D eigenvalue weighted by molar-refractivity contribution is 7.97. The number of rotatable bonds is 17. The van der Waals surface area contributed by atoms with E-state index in [1.54, 1.807) is 0 Å². The summed E-state index contributed by atoms with van der Waals surface area (Å²) < 4.78 is 194. The summed E-state index contributed by atoms with van der Waals surface area (Å²) in [7, 11) is -12.4. The van der Waals surface area contributed by atoms with E-state index in [0.717, 1.165) is 69.6 Å². The number of aryl methyl sites for hydroxylation is 3.